The lowest BCUT2D eigenvalue weighted by molar-refractivity contribution is -0.130. The second-order valence-electron chi connectivity index (χ2n) is 6.87. The van der Waals surface area contributed by atoms with Crippen molar-refractivity contribution in [1.29, 1.82) is 0 Å². The molecule has 1 aliphatic rings. The maximum atomic E-state index is 12.5. The summed E-state index contributed by atoms with van der Waals surface area (Å²) in [6.45, 7) is 9.37. The molecule has 0 spiro atoms. The molecule has 0 saturated carbocycles. The maximum absolute atomic E-state index is 12.5. The van der Waals surface area contributed by atoms with E-state index in [9.17, 15) is 4.79 Å². The average molecular weight is 343 g/mol. The molecule has 2 aromatic carbocycles. The van der Waals surface area contributed by atoms with Gasteiger partial charge in [-0.1, -0.05) is 44.2 Å². The average Bonchev–Trinajstić information content (AvgIpc) is 2.59. The van der Waals surface area contributed by atoms with Crippen LogP contribution in [0.15, 0.2) is 47.4 Å². The van der Waals surface area contributed by atoms with E-state index in [2.05, 4.69) is 61.2 Å². The molecular weight excluding hydrogens is 316 g/mol. The molecule has 1 amide bonds. The first-order valence-electron chi connectivity index (χ1n) is 8.73. The maximum Gasteiger partial charge on any atom is 0.233 e. The summed E-state index contributed by atoms with van der Waals surface area (Å²) in [4.78, 5) is 18.1. The van der Waals surface area contributed by atoms with Gasteiger partial charge in [0.05, 0.1) is 5.75 Å². The normalized spacial score (nSPS) is 16.0. The molecule has 3 rings (SSSR count). The van der Waals surface area contributed by atoms with Crippen LogP contribution in [0.3, 0.4) is 0 Å². The van der Waals surface area contributed by atoms with Crippen LogP contribution in [0.25, 0.3) is 10.8 Å². The Morgan fingerprint density at radius 1 is 1.04 bits per heavy atom. The van der Waals surface area contributed by atoms with Crippen LogP contribution in [-0.4, -0.2) is 54.2 Å². The van der Waals surface area contributed by atoms with Gasteiger partial charge < -0.3 is 4.90 Å². The van der Waals surface area contributed by atoms with E-state index >= 15 is 0 Å². The van der Waals surface area contributed by atoms with E-state index in [0.29, 0.717) is 11.7 Å². The predicted octanol–water partition coefficient (Wildman–Crippen LogP) is 3.73. The molecule has 0 radical (unpaired) electrons. The van der Waals surface area contributed by atoms with Crippen molar-refractivity contribution in [3.8, 4) is 0 Å². The summed E-state index contributed by atoms with van der Waals surface area (Å²) in [5.74, 6) is 1.48. The largest absolute Gasteiger partial charge is 0.339 e. The molecular formula is C20H26N2OS. The summed E-state index contributed by atoms with van der Waals surface area (Å²) in [6, 6.07) is 14.8. The minimum absolute atomic E-state index is 0.261. The molecule has 0 aromatic heterocycles. The quantitative estimate of drug-likeness (QED) is 0.774. The third kappa shape index (κ3) is 4.52. The van der Waals surface area contributed by atoms with Gasteiger partial charge in [0.25, 0.3) is 0 Å². The van der Waals surface area contributed by atoms with Crippen LogP contribution in [0, 0.1) is 5.92 Å². The van der Waals surface area contributed by atoms with Crippen LogP contribution >= 0.6 is 11.8 Å². The van der Waals surface area contributed by atoms with E-state index in [1.54, 1.807) is 11.8 Å². The smallest absolute Gasteiger partial charge is 0.233 e. The van der Waals surface area contributed by atoms with Gasteiger partial charge in [0, 0.05) is 37.6 Å². The van der Waals surface area contributed by atoms with Crippen molar-refractivity contribution < 1.29 is 4.79 Å². The molecule has 1 fully saturated rings. The monoisotopic (exact) mass is 342 g/mol. The summed E-state index contributed by atoms with van der Waals surface area (Å²) in [5.41, 5.74) is 0. The number of rotatable bonds is 5. The number of hydrogen-bond acceptors (Lipinski definition) is 3. The van der Waals surface area contributed by atoms with E-state index in [1.807, 2.05) is 4.90 Å². The van der Waals surface area contributed by atoms with E-state index in [1.165, 1.54) is 15.7 Å². The van der Waals surface area contributed by atoms with Crippen molar-refractivity contribution in [2.45, 2.75) is 18.7 Å². The van der Waals surface area contributed by atoms with Gasteiger partial charge >= 0.3 is 0 Å². The highest BCUT2D eigenvalue weighted by atomic mass is 32.2. The SMILES string of the molecule is CC(C)CN1CCN(C(=O)CSc2ccc3ccccc3c2)CC1. The summed E-state index contributed by atoms with van der Waals surface area (Å²) < 4.78 is 0. The molecule has 0 bridgehead atoms. The van der Waals surface area contributed by atoms with E-state index in [0.717, 1.165) is 32.7 Å². The van der Waals surface area contributed by atoms with E-state index in [-0.39, 0.29) is 5.91 Å². The Kier molecular flexibility index (Phi) is 5.80. The Bertz CT molecular complexity index is 693. The lowest BCUT2D eigenvalue weighted by atomic mass is 10.1. The van der Waals surface area contributed by atoms with Crippen molar-refractivity contribution in [2.24, 2.45) is 5.92 Å². The lowest BCUT2D eigenvalue weighted by Gasteiger charge is -2.35. The fourth-order valence-electron chi connectivity index (χ4n) is 3.19. The molecule has 1 saturated heterocycles. The van der Waals surface area contributed by atoms with Crippen LogP contribution < -0.4 is 0 Å². The van der Waals surface area contributed by atoms with E-state index in [4.69, 9.17) is 0 Å². The number of nitrogens with zero attached hydrogens (tertiary/aromatic N) is 2. The van der Waals surface area contributed by atoms with Gasteiger partial charge in [-0.2, -0.15) is 0 Å². The number of thioether (sulfide) groups is 1. The van der Waals surface area contributed by atoms with Crippen molar-refractivity contribution >= 4 is 28.4 Å². The first-order chi connectivity index (χ1) is 11.6. The third-order valence-electron chi connectivity index (χ3n) is 4.43. The number of hydrogen-bond donors (Lipinski definition) is 0. The van der Waals surface area contributed by atoms with Gasteiger partial charge in [-0.25, -0.2) is 0 Å². The first kappa shape index (κ1) is 17.3. The van der Waals surface area contributed by atoms with Gasteiger partial charge in [0.2, 0.25) is 5.91 Å². The topological polar surface area (TPSA) is 23.6 Å². The molecule has 4 heteroatoms. The summed E-state index contributed by atoms with van der Waals surface area (Å²) in [7, 11) is 0. The number of carbonyl (C=O) groups is 1. The molecule has 24 heavy (non-hydrogen) atoms. The molecule has 1 aliphatic heterocycles. The van der Waals surface area contributed by atoms with Crippen molar-refractivity contribution in [3.05, 3.63) is 42.5 Å². The summed E-state index contributed by atoms with van der Waals surface area (Å²) in [5, 5.41) is 2.48. The van der Waals surface area contributed by atoms with Crippen molar-refractivity contribution in [3.63, 3.8) is 0 Å². The van der Waals surface area contributed by atoms with Gasteiger partial charge in [-0.3, -0.25) is 9.69 Å². The number of fused-ring (bicyclic) bond motifs is 1. The van der Waals surface area contributed by atoms with Crippen LogP contribution in [-0.2, 0) is 4.79 Å². The van der Waals surface area contributed by atoms with Crippen molar-refractivity contribution in [1.82, 2.24) is 9.80 Å². The fourth-order valence-corrected chi connectivity index (χ4v) is 4.04. The van der Waals surface area contributed by atoms with Gasteiger partial charge in [0.15, 0.2) is 0 Å². The minimum Gasteiger partial charge on any atom is -0.339 e. The predicted molar refractivity (Wildman–Crippen MR) is 103 cm³/mol. The second kappa shape index (κ2) is 8.04. The molecule has 0 unspecified atom stereocenters. The Labute approximate surface area is 149 Å². The zero-order valence-electron chi connectivity index (χ0n) is 14.6. The summed E-state index contributed by atoms with van der Waals surface area (Å²) >= 11 is 1.64. The molecule has 2 aromatic rings. The Balaban J connectivity index is 1.50. The van der Waals surface area contributed by atoms with E-state index < -0.39 is 0 Å². The summed E-state index contributed by atoms with van der Waals surface area (Å²) in [6.07, 6.45) is 0. The number of piperazine rings is 1. The van der Waals surface area contributed by atoms with Crippen molar-refractivity contribution in [2.75, 3.05) is 38.5 Å². The molecule has 0 aliphatic carbocycles. The Hall–Kier alpha value is -1.52. The number of benzene rings is 2. The van der Waals surface area contributed by atoms with Crippen LogP contribution in [0.1, 0.15) is 13.8 Å². The molecule has 0 atom stereocenters. The number of carbonyl (C=O) groups excluding carboxylic acids is 1. The highest BCUT2D eigenvalue weighted by Crippen LogP contribution is 2.24. The van der Waals surface area contributed by atoms with Gasteiger partial charge in [0.1, 0.15) is 0 Å². The third-order valence-corrected chi connectivity index (χ3v) is 5.41. The highest BCUT2D eigenvalue weighted by Gasteiger charge is 2.21. The molecule has 0 N–H and O–H groups in total. The first-order valence-corrected chi connectivity index (χ1v) is 9.72. The number of amides is 1. The van der Waals surface area contributed by atoms with Crippen LogP contribution in [0.5, 0.6) is 0 Å². The highest BCUT2D eigenvalue weighted by molar-refractivity contribution is 8.00. The zero-order valence-corrected chi connectivity index (χ0v) is 15.4. The second-order valence-corrected chi connectivity index (χ2v) is 7.92. The molecule has 128 valence electrons. The zero-order chi connectivity index (χ0) is 16.9. The van der Waals surface area contributed by atoms with Gasteiger partial charge in [-0.05, 0) is 28.8 Å². The van der Waals surface area contributed by atoms with Crippen LogP contribution in [0.4, 0.5) is 0 Å². The van der Waals surface area contributed by atoms with Crippen LogP contribution in [0.2, 0.25) is 0 Å². The Morgan fingerprint density at radius 3 is 2.46 bits per heavy atom. The fraction of sp³-hybridized carbons (Fsp3) is 0.450. The standard InChI is InChI=1S/C20H26N2OS/c1-16(2)14-21-9-11-22(12-10-21)20(23)15-24-19-8-7-17-5-3-4-6-18(17)13-19/h3-8,13,16H,9-12,14-15H2,1-2H3. The lowest BCUT2D eigenvalue weighted by Crippen LogP contribution is -2.49. The minimum atomic E-state index is 0.261. The van der Waals surface area contributed by atoms with Gasteiger partial charge in [-0.15, -0.1) is 11.8 Å². The molecule has 3 nitrogen and oxygen atoms in total. The molecule has 1 heterocycles. The Morgan fingerprint density at radius 2 is 1.75 bits per heavy atom.